The van der Waals surface area contributed by atoms with Gasteiger partial charge >= 0.3 is 12.3 Å². The SMILES string of the molecule is CC(C)C.CC(C)C.N#Cc1cccnc1Cl.Nc1nccnc1-c1nnc(-c2ccccc2)o1.O=C(O)O.O=C(O)O. The summed E-state index contributed by atoms with van der Waals surface area (Å²) in [5, 5.41) is 44.4. The molecule has 0 saturated carbocycles. The molecule has 0 unspecified atom stereocenters. The van der Waals surface area contributed by atoms with Crippen molar-refractivity contribution >= 4 is 29.7 Å². The van der Waals surface area contributed by atoms with Crippen molar-refractivity contribution in [3.05, 3.63) is 71.8 Å². The minimum absolute atomic E-state index is 0.263. The van der Waals surface area contributed by atoms with E-state index in [0.29, 0.717) is 17.1 Å². The van der Waals surface area contributed by atoms with Crippen LogP contribution in [0.25, 0.3) is 23.0 Å². The number of rotatable bonds is 2. The Kier molecular flexibility index (Phi) is 21.7. The van der Waals surface area contributed by atoms with Gasteiger partial charge in [-0.1, -0.05) is 71.3 Å². The van der Waals surface area contributed by atoms with Crippen molar-refractivity contribution in [3.8, 4) is 29.1 Å². The van der Waals surface area contributed by atoms with Crippen LogP contribution >= 0.6 is 11.6 Å². The van der Waals surface area contributed by atoms with Crippen LogP contribution in [0.1, 0.15) is 47.1 Å². The van der Waals surface area contributed by atoms with Gasteiger partial charge in [0.15, 0.2) is 11.5 Å². The molecule has 0 bridgehead atoms. The van der Waals surface area contributed by atoms with Crippen molar-refractivity contribution in [1.29, 1.82) is 5.26 Å². The first-order chi connectivity index (χ1) is 20.1. The normalized spacial score (nSPS) is 8.93. The molecule has 0 amide bonds. The van der Waals surface area contributed by atoms with Crippen LogP contribution in [-0.4, -0.2) is 57.9 Å². The van der Waals surface area contributed by atoms with Crippen molar-refractivity contribution in [3.63, 3.8) is 0 Å². The fourth-order valence-electron chi connectivity index (χ4n) is 2.00. The smallest absolute Gasteiger partial charge is 0.450 e. The molecule has 6 N–H and O–H groups in total. The van der Waals surface area contributed by atoms with Crippen LogP contribution in [0.3, 0.4) is 0 Å². The molecule has 4 aromatic rings. The van der Waals surface area contributed by atoms with Gasteiger partial charge in [-0.25, -0.2) is 24.5 Å². The Hall–Kier alpha value is -5.29. The summed E-state index contributed by atoms with van der Waals surface area (Å²) in [5.74, 6) is 2.62. The number of hydrogen-bond donors (Lipinski definition) is 5. The second kappa shape index (κ2) is 23.4. The number of anilines is 1. The van der Waals surface area contributed by atoms with Crippen molar-refractivity contribution in [2.24, 2.45) is 11.8 Å². The molecule has 1 aromatic carbocycles. The molecule has 0 aliphatic carbocycles. The molecule has 3 heterocycles. The summed E-state index contributed by atoms with van der Waals surface area (Å²) in [6.07, 6.45) is 0.911. The predicted molar refractivity (Wildman–Crippen MR) is 161 cm³/mol. The molecular weight excluding hydrogens is 582 g/mol. The number of hydrogen-bond acceptors (Lipinski definition) is 10. The number of carboxylic acid groups (broad SMARTS) is 4. The van der Waals surface area contributed by atoms with Gasteiger partial charge in [-0.3, -0.25) is 0 Å². The average molecular weight is 618 g/mol. The minimum atomic E-state index is -1.83. The molecule has 0 radical (unpaired) electrons. The highest BCUT2D eigenvalue weighted by Crippen LogP contribution is 2.24. The first-order valence-corrected chi connectivity index (χ1v) is 12.8. The van der Waals surface area contributed by atoms with Crippen LogP contribution in [0.5, 0.6) is 0 Å². The summed E-state index contributed by atoms with van der Waals surface area (Å²) in [6.45, 7) is 13.0. The van der Waals surface area contributed by atoms with Gasteiger partial charge in [0.05, 0.1) is 5.56 Å². The lowest BCUT2D eigenvalue weighted by molar-refractivity contribution is 0.135. The van der Waals surface area contributed by atoms with Crippen LogP contribution in [0.15, 0.2) is 65.5 Å². The van der Waals surface area contributed by atoms with Gasteiger partial charge in [-0.05, 0) is 36.1 Å². The number of nitriles is 1. The Morgan fingerprint density at radius 2 is 1.26 bits per heavy atom. The molecule has 0 fully saturated rings. The standard InChI is InChI=1S/C12H9N5O.C6H3ClN2.2C4H10.2CH2O3/c13-10-9(14-6-7-15-10)12-17-16-11(18-12)8-4-2-1-3-5-8;7-6-5(4-8)2-1-3-9-6;2*1-4(2)3;2*2-1(3)4/h1-7H,(H2,13,15);1-3H;2*4H,1-3H3;2*(H2,2,3,4). The lowest BCUT2D eigenvalue weighted by Gasteiger charge is -1.96. The Morgan fingerprint density at radius 1 is 0.791 bits per heavy atom. The highest BCUT2D eigenvalue weighted by Gasteiger charge is 2.14. The number of carbonyl (C=O) groups is 2. The first kappa shape index (κ1) is 39.9. The van der Waals surface area contributed by atoms with E-state index in [4.69, 9.17) is 57.0 Å². The van der Waals surface area contributed by atoms with E-state index in [1.54, 1.807) is 18.3 Å². The van der Waals surface area contributed by atoms with Gasteiger partial charge in [0.25, 0.3) is 5.89 Å². The number of aromatic nitrogens is 5. The summed E-state index contributed by atoms with van der Waals surface area (Å²) in [6, 6.07) is 14.7. The predicted octanol–water partition coefficient (Wildman–Crippen LogP) is 7.15. The van der Waals surface area contributed by atoms with Gasteiger partial charge in [0, 0.05) is 24.2 Å². The third-order valence-electron chi connectivity index (χ3n) is 3.25. The summed E-state index contributed by atoms with van der Waals surface area (Å²) < 4.78 is 5.53. The van der Waals surface area contributed by atoms with Gasteiger partial charge in [-0.15, -0.1) is 10.2 Å². The Balaban J connectivity index is 0. The minimum Gasteiger partial charge on any atom is -0.450 e. The van der Waals surface area contributed by atoms with E-state index in [0.717, 1.165) is 17.4 Å². The van der Waals surface area contributed by atoms with Gasteiger partial charge < -0.3 is 30.6 Å². The quantitative estimate of drug-likeness (QED) is 0.140. The van der Waals surface area contributed by atoms with Crippen LogP contribution in [0.2, 0.25) is 5.15 Å². The Morgan fingerprint density at radius 3 is 1.67 bits per heavy atom. The number of pyridine rings is 1. The summed E-state index contributed by atoms with van der Waals surface area (Å²) in [7, 11) is 0. The van der Waals surface area contributed by atoms with Crippen LogP contribution < -0.4 is 5.73 Å². The molecule has 0 aliphatic rings. The van der Waals surface area contributed by atoms with Crippen molar-refractivity contribution in [1.82, 2.24) is 25.1 Å². The van der Waals surface area contributed by atoms with Crippen LogP contribution in [0, 0.1) is 23.2 Å². The number of nitrogens with zero attached hydrogens (tertiary/aromatic N) is 6. The maximum Gasteiger partial charge on any atom is 0.503 e. The zero-order valence-corrected chi connectivity index (χ0v) is 25.3. The van der Waals surface area contributed by atoms with Crippen LogP contribution in [0.4, 0.5) is 15.4 Å². The maximum atomic E-state index is 8.56. The topological polar surface area (TPSA) is 242 Å². The Bertz CT molecular complexity index is 1350. The molecule has 0 atom stereocenters. The second-order valence-electron chi connectivity index (χ2n) is 9.05. The van der Waals surface area contributed by atoms with Crippen molar-refractivity contribution in [2.45, 2.75) is 41.5 Å². The summed E-state index contributed by atoms with van der Waals surface area (Å²) in [4.78, 5) is 28.8. The van der Waals surface area contributed by atoms with Gasteiger partial charge in [0.2, 0.25) is 5.89 Å². The fraction of sp³-hybridized carbons (Fsp3) is 0.286. The molecule has 43 heavy (non-hydrogen) atoms. The molecule has 232 valence electrons. The molecule has 3 aromatic heterocycles. The van der Waals surface area contributed by atoms with Crippen LogP contribution in [-0.2, 0) is 0 Å². The largest absolute Gasteiger partial charge is 0.503 e. The van der Waals surface area contributed by atoms with E-state index in [-0.39, 0.29) is 16.9 Å². The zero-order valence-electron chi connectivity index (χ0n) is 24.6. The van der Waals surface area contributed by atoms with E-state index in [1.165, 1.54) is 12.4 Å². The molecular formula is C28H36ClN7O7. The van der Waals surface area contributed by atoms with E-state index in [2.05, 4.69) is 66.7 Å². The lowest BCUT2D eigenvalue weighted by Crippen LogP contribution is -1.95. The monoisotopic (exact) mass is 617 g/mol. The number of benzene rings is 1. The zero-order chi connectivity index (χ0) is 33.4. The van der Waals surface area contributed by atoms with Gasteiger partial charge in [0.1, 0.15) is 11.2 Å². The Labute approximate surface area is 254 Å². The van der Waals surface area contributed by atoms with Crippen molar-refractivity contribution < 1.29 is 34.4 Å². The number of nitrogens with two attached hydrogens (primary N) is 1. The lowest BCUT2D eigenvalue weighted by atomic mass is 10.2. The van der Waals surface area contributed by atoms with Crippen molar-refractivity contribution in [2.75, 3.05) is 5.73 Å². The molecule has 15 heteroatoms. The number of halogens is 1. The molecule has 14 nitrogen and oxygen atoms in total. The maximum absolute atomic E-state index is 8.56. The summed E-state index contributed by atoms with van der Waals surface area (Å²) in [5.41, 5.74) is 7.36. The second-order valence-corrected chi connectivity index (χ2v) is 9.41. The molecule has 0 saturated heterocycles. The highest BCUT2D eigenvalue weighted by molar-refractivity contribution is 6.30. The van der Waals surface area contributed by atoms with Gasteiger partial charge in [-0.2, -0.15) is 5.26 Å². The fourth-order valence-corrected chi connectivity index (χ4v) is 2.16. The highest BCUT2D eigenvalue weighted by atomic mass is 35.5. The number of nitrogen functional groups attached to an aromatic ring is 1. The third kappa shape index (κ3) is 23.1. The van der Waals surface area contributed by atoms with E-state index < -0.39 is 12.3 Å². The molecule has 0 spiro atoms. The van der Waals surface area contributed by atoms with E-state index in [9.17, 15) is 0 Å². The molecule has 4 rings (SSSR count). The average Bonchev–Trinajstić information content (AvgIpc) is 3.39. The van der Waals surface area contributed by atoms with E-state index in [1.807, 2.05) is 36.4 Å². The summed E-state index contributed by atoms with van der Waals surface area (Å²) >= 11 is 5.49. The molecule has 0 aliphatic heterocycles. The first-order valence-electron chi connectivity index (χ1n) is 12.4. The van der Waals surface area contributed by atoms with E-state index >= 15 is 0 Å². The third-order valence-corrected chi connectivity index (χ3v) is 3.56.